The molecule has 4 aromatic heterocycles. The molecular weight excluding hydrogens is 699 g/mol. The Morgan fingerprint density at radius 2 is 1.96 bits per heavy atom. The molecule has 0 spiro atoms. The summed E-state index contributed by atoms with van der Waals surface area (Å²) in [5.74, 6) is -2.90. The van der Waals surface area contributed by atoms with Gasteiger partial charge in [-0.15, -0.1) is 11.3 Å². The second kappa shape index (κ2) is 13.3. The minimum atomic E-state index is -0.984. The third-order valence-electron chi connectivity index (χ3n) is 10.1. The van der Waals surface area contributed by atoms with Crippen LogP contribution in [0.4, 0.5) is 28.4 Å². The van der Waals surface area contributed by atoms with Crippen LogP contribution in [0.1, 0.15) is 30.5 Å². The van der Waals surface area contributed by atoms with Gasteiger partial charge in [-0.2, -0.15) is 15.2 Å². The van der Waals surface area contributed by atoms with Gasteiger partial charge < -0.3 is 20.3 Å². The van der Waals surface area contributed by atoms with Gasteiger partial charge in [-0.3, -0.25) is 19.7 Å². The highest BCUT2D eigenvalue weighted by atomic mass is 32.1. The number of hydrogen-bond donors (Lipinski definition) is 1. The molecule has 16 heteroatoms. The van der Waals surface area contributed by atoms with Gasteiger partial charge >= 0.3 is 6.01 Å². The molecule has 11 nitrogen and oxygen atoms in total. The van der Waals surface area contributed by atoms with Crippen molar-refractivity contribution in [2.45, 2.75) is 31.0 Å². The van der Waals surface area contributed by atoms with Crippen LogP contribution in [0.25, 0.3) is 38.3 Å². The summed E-state index contributed by atoms with van der Waals surface area (Å²) in [6.07, 6.45) is 4.95. The standard InChI is InChI=1S/C36H31F4N9O2S/c37-20-15-36(7-3-9-49(36)18-20)19-51-35-45-30-24(17-44-29(28(30)40)22-5-6-25(38)31-27(22)23(16-41)32(42)52-31)33(46-35)47-10-12-48(13-11-47)34(50)26(39)14-21-4-1-2-8-43-21/h1-2,4-6,8,14,17,20H,3,7,9-13,15,18-19,42H2/b26-14-/t20?,36-/m0/s1. The van der Waals surface area contributed by atoms with Crippen molar-refractivity contribution in [2.75, 3.05) is 56.5 Å². The summed E-state index contributed by atoms with van der Waals surface area (Å²) in [5.41, 5.74) is 5.69. The van der Waals surface area contributed by atoms with Crippen molar-refractivity contribution in [3.63, 3.8) is 0 Å². The minimum Gasteiger partial charge on any atom is -0.461 e. The molecule has 0 bridgehead atoms. The predicted molar refractivity (Wildman–Crippen MR) is 188 cm³/mol. The van der Waals surface area contributed by atoms with Gasteiger partial charge in [-0.05, 0) is 43.7 Å². The molecule has 2 atom stereocenters. The molecule has 3 aliphatic heterocycles. The third-order valence-corrected chi connectivity index (χ3v) is 11.1. The molecule has 0 radical (unpaired) electrons. The van der Waals surface area contributed by atoms with Gasteiger partial charge in [-0.1, -0.05) is 6.07 Å². The summed E-state index contributed by atoms with van der Waals surface area (Å²) in [6, 6.07) is 9.35. The topological polar surface area (TPSA) is 137 Å². The van der Waals surface area contributed by atoms with Crippen molar-refractivity contribution in [3.05, 3.63) is 71.4 Å². The van der Waals surface area contributed by atoms with E-state index in [1.807, 2.05) is 11.0 Å². The number of amides is 1. The van der Waals surface area contributed by atoms with Crippen molar-refractivity contribution in [1.82, 2.24) is 29.7 Å². The molecule has 5 aromatic rings. The quantitative estimate of drug-likeness (QED) is 0.165. The minimum absolute atomic E-state index is 0.0185. The first kappa shape index (κ1) is 33.7. The lowest BCUT2D eigenvalue weighted by Crippen LogP contribution is -2.49. The van der Waals surface area contributed by atoms with Gasteiger partial charge in [0, 0.05) is 68.6 Å². The lowest BCUT2D eigenvalue weighted by Gasteiger charge is -2.35. The van der Waals surface area contributed by atoms with E-state index in [0.717, 1.165) is 36.8 Å². The van der Waals surface area contributed by atoms with E-state index in [0.29, 0.717) is 18.7 Å². The largest absolute Gasteiger partial charge is 0.461 e. The number of piperazine rings is 1. The number of ether oxygens (including phenoxy) is 1. The predicted octanol–water partition coefficient (Wildman–Crippen LogP) is 5.65. The van der Waals surface area contributed by atoms with Gasteiger partial charge in [-0.25, -0.2) is 17.6 Å². The molecule has 3 fully saturated rings. The van der Waals surface area contributed by atoms with E-state index >= 15 is 4.39 Å². The molecule has 52 heavy (non-hydrogen) atoms. The fourth-order valence-corrected chi connectivity index (χ4v) is 8.54. The SMILES string of the molecule is N#Cc1c(N)sc2c(F)ccc(-c3ncc4c(N5CCN(C(=O)/C(F)=C/c6ccccn6)CC5)nc(OC[C@@]56CCCN5CC(F)C6)nc4c3F)c12. The summed E-state index contributed by atoms with van der Waals surface area (Å²) in [6.45, 7) is 1.88. The second-order valence-electron chi connectivity index (χ2n) is 13.2. The van der Waals surface area contributed by atoms with Crippen molar-refractivity contribution in [2.24, 2.45) is 0 Å². The molecule has 8 rings (SSSR count). The Hall–Kier alpha value is -5.40. The summed E-state index contributed by atoms with van der Waals surface area (Å²) < 4.78 is 67.4. The Balaban J connectivity index is 1.16. The Labute approximate surface area is 299 Å². The van der Waals surface area contributed by atoms with E-state index in [1.54, 1.807) is 18.2 Å². The number of alkyl halides is 1. The van der Waals surface area contributed by atoms with Crippen LogP contribution in [0.3, 0.4) is 0 Å². The molecule has 1 unspecified atom stereocenters. The number of thiophene rings is 1. The number of fused-ring (bicyclic) bond motifs is 3. The van der Waals surface area contributed by atoms with Crippen molar-refractivity contribution in [1.29, 1.82) is 5.26 Å². The van der Waals surface area contributed by atoms with Crippen LogP contribution in [0.15, 0.2) is 48.6 Å². The number of anilines is 2. The molecule has 1 aromatic carbocycles. The van der Waals surface area contributed by atoms with E-state index in [-0.39, 0.29) is 87.4 Å². The van der Waals surface area contributed by atoms with E-state index in [4.69, 9.17) is 10.5 Å². The first-order valence-corrected chi connectivity index (χ1v) is 17.6. The Kier molecular flexibility index (Phi) is 8.62. The average Bonchev–Trinajstić information content (AvgIpc) is 3.80. The van der Waals surface area contributed by atoms with Gasteiger partial charge in [0.15, 0.2) is 11.6 Å². The van der Waals surface area contributed by atoms with Crippen molar-refractivity contribution >= 4 is 55.1 Å². The van der Waals surface area contributed by atoms with Crippen LogP contribution in [0.5, 0.6) is 6.01 Å². The average molecular weight is 730 g/mol. The molecule has 7 heterocycles. The summed E-state index contributed by atoms with van der Waals surface area (Å²) >= 11 is 0.891. The highest BCUT2D eigenvalue weighted by Crippen LogP contribution is 2.43. The number of carbonyl (C=O) groups is 1. The van der Waals surface area contributed by atoms with Gasteiger partial charge in [0.1, 0.15) is 46.7 Å². The molecule has 3 saturated heterocycles. The van der Waals surface area contributed by atoms with Crippen LogP contribution in [0, 0.1) is 23.0 Å². The molecule has 3 aliphatic rings. The number of nitriles is 1. The van der Waals surface area contributed by atoms with E-state index < -0.39 is 35.1 Å². The zero-order valence-corrected chi connectivity index (χ0v) is 28.5. The van der Waals surface area contributed by atoms with Crippen LogP contribution < -0.4 is 15.4 Å². The van der Waals surface area contributed by atoms with E-state index in [1.165, 1.54) is 29.4 Å². The number of nitrogens with two attached hydrogens (primary N) is 1. The number of hydrogen-bond acceptors (Lipinski definition) is 11. The van der Waals surface area contributed by atoms with Gasteiger partial charge in [0.05, 0.1) is 26.9 Å². The molecule has 2 N–H and O–H groups in total. The van der Waals surface area contributed by atoms with Crippen molar-refractivity contribution < 1.29 is 27.1 Å². The second-order valence-corrected chi connectivity index (χ2v) is 14.2. The molecular formula is C36H31F4N9O2S. The lowest BCUT2D eigenvalue weighted by molar-refractivity contribution is -0.128. The Bertz CT molecular complexity index is 2290. The Morgan fingerprint density at radius 1 is 1.13 bits per heavy atom. The number of pyridine rings is 2. The third kappa shape index (κ3) is 5.83. The lowest BCUT2D eigenvalue weighted by atomic mass is 9.95. The molecule has 266 valence electrons. The highest BCUT2D eigenvalue weighted by Gasteiger charge is 2.49. The summed E-state index contributed by atoms with van der Waals surface area (Å²) in [4.78, 5) is 35.9. The number of benzene rings is 1. The van der Waals surface area contributed by atoms with Crippen LogP contribution >= 0.6 is 11.3 Å². The van der Waals surface area contributed by atoms with E-state index in [2.05, 4.69) is 24.8 Å². The first-order chi connectivity index (χ1) is 25.2. The number of nitrogens with zero attached hydrogens (tertiary/aromatic N) is 8. The summed E-state index contributed by atoms with van der Waals surface area (Å²) in [5, 5.41) is 10.3. The number of nitrogen functional groups attached to an aromatic ring is 1. The maximum atomic E-state index is 16.8. The summed E-state index contributed by atoms with van der Waals surface area (Å²) in [7, 11) is 0. The smallest absolute Gasteiger partial charge is 0.319 e. The fourth-order valence-electron chi connectivity index (χ4n) is 7.59. The maximum Gasteiger partial charge on any atom is 0.319 e. The van der Waals surface area contributed by atoms with Crippen LogP contribution in [-0.2, 0) is 4.79 Å². The van der Waals surface area contributed by atoms with Crippen LogP contribution in [0.2, 0.25) is 0 Å². The van der Waals surface area contributed by atoms with Crippen LogP contribution in [-0.4, -0.2) is 93.2 Å². The molecule has 0 saturated carbocycles. The van der Waals surface area contributed by atoms with Crippen molar-refractivity contribution in [3.8, 4) is 23.3 Å². The molecule has 0 aliphatic carbocycles. The first-order valence-electron chi connectivity index (χ1n) is 16.8. The van der Waals surface area contributed by atoms with E-state index in [9.17, 15) is 23.2 Å². The maximum absolute atomic E-state index is 16.8. The Morgan fingerprint density at radius 3 is 2.73 bits per heavy atom. The zero-order chi connectivity index (χ0) is 36.1. The number of rotatable bonds is 7. The van der Waals surface area contributed by atoms with Gasteiger partial charge in [0.25, 0.3) is 5.91 Å². The van der Waals surface area contributed by atoms with Gasteiger partial charge in [0.2, 0.25) is 0 Å². The zero-order valence-electron chi connectivity index (χ0n) is 27.7. The number of halogens is 4. The molecule has 1 amide bonds. The monoisotopic (exact) mass is 729 g/mol. The highest BCUT2D eigenvalue weighted by molar-refractivity contribution is 7.23. The normalized spacial score (nSPS) is 20.8. The number of aromatic nitrogens is 4. The fraction of sp³-hybridized carbons (Fsp3) is 0.333. The number of carbonyl (C=O) groups excluding carboxylic acids is 1.